The van der Waals surface area contributed by atoms with Gasteiger partial charge in [-0.1, -0.05) is 18.2 Å². The van der Waals surface area contributed by atoms with E-state index in [4.69, 9.17) is 4.42 Å². The van der Waals surface area contributed by atoms with E-state index in [1.165, 1.54) is 4.90 Å². The van der Waals surface area contributed by atoms with Crippen LogP contribution >= 0.6 is 0 Å². The maximum atomic E-state index is 11.6. The molecule has 0 atom stereocenters. The first-order chi connectivity index (χ1) is 12.8. The molecule has 0 spiro atoms. The normalized spacial score (nSPS) is 11.7. The van der Waals surface area contributed by atoms with E-state index in [1.54, 1.807) is 6.26 Å². The summed E-state index contributed by atoms with van der Waals surface area (Å²) >= 11 is 0. The van der Waals surface area contributed by atoms with Gasteiger partial charge in [0, 0.05) is 29.6 Å². The third-order valence-electron chi connectivity index (χ3n) is 4.63. The number of fused-ring (bicyclic) bond motifs is 1. The molecular weight excluding hydrogens is 342 g/mol. The number of aliphatic hydroxyl groups is 1. The standard InChI is InChI=1S/C22H25NO4/c1-22(2,3)23(21(25)26)14-16-5-4-6-17(12-16)19-13-15(7-9-24)11-18-8-10-27-20(18)19/h4-6,8,10-13,24H,7,9,14H2,1-3H3,(H,25,26). The summed E-state index contributed by atoms with van der Waals surface area (Å²) in [7, 11) is 0. The average molecular weight is 367 g/mol. The summed E-state index contributed by atoms with van der Waals surface area (Å²) in [5, 5.41) is 19.8. The summed E-state index contributed by atoms with van der Waals surface area (Å²) in [6, 6.07) is 13.8. The molecule has 3 aromatic rings. The molecule has 0 aliphatic heterocycles. The van der Waals surface area contributed by atoms with Crippen LogP contribution in [0, 0.1) is 0 Å². The van der Waals surface area contributed by atoms with E-state index in [1.807, 2.05) is 63.2 Å². The molecule has 0 saturated carbocycles. The molecule has 0 aliphatic carbocycles. The molecule has 2 N–H and O–H groups in total. The Labute approximate surface area is 158 Å². The fourth-order valence-corrected chi connectivity index (χ4v) is 3.24. The smallest absolute Gasteiger partial charge is 0.408 e. The highest BCUT2D eigenvalue weighted by Crippen LogP contribution is 2.32. The number of amides is 1. The van der Waals surface area contributed by atoms with Crippen LogP contribution in [-0.4, -0.2) is 33.4 Å². The fourth-order valence-electron chi connectivity index (χ4n) is 3.24. The summed E-state index contributed by atoms with van der Waals surface area (Å²) in [5.74, 6) is 0. The van der Waals surface area contributed by atoms with Crippen molar-refractivity contribution < 1.29 is 19.4 Å². The first kappa shape index (κ1) is 19.0. The largest absolute Gasteiger partial charge is 0.465 e. The molecule has 142 valence electrons. The quantitative estimate of drug-likeness (QED) is 0.672. The number of benzene rings is 2. The summed E-state index contributed by atoms with van der Waals surface area (Å²) in [4.78, 5) is 13.1. The molecule has 5 nitrogen and oxygen atoms in total. The Balaban J connectivity index is 2.02. The van der Waals surface area contributed by atoms with Crippen LogP contribution in [0.1, 0.15) is 31.9 Å². The molecule has 3 rings (SSSR count). The van der Waals surface area contributed by atoms with E-state index in [9.17, 15) is 15.0 Å². The number of aliphatic hydroxyl groups excluding tert-OH is 1. The maximum Gasteiger partial charge on any atom is 0.408 e. The van der Waals surface area contributed by atoms with Crippen molar-refractivity contribution >= 4 is 17.1 Å². The van der Waals surface area contributed by atoms with Crippen LogP contribution in [-0.2, 0) is 13.0 Å². The van der Waals surface area contributed by atoms with Crippen LogP contribution < -0.4 is 0 Å². The lowest BCUT2D eigenvalue weighted by Gasteiger charge is -2.33. The Hall–Kier alpha value is -2.79. The molecule has 0 aliphatic rings. The average Bonchev–Trinajstić information content (AvgIpc) is 3.07. The fraction of sp³-hybridized carbons (Fsp3) is 0.318. The van der Waals surface area contributed by atoms with E-state index >= 15 is 0 Å². The molecule has 0 radical (unpaired) electrons. The predicted octanol–water partition coefficient (Wildman–Crippen LogP) is 4.91. The first-order valence-corrected chi connectivity index (χ1v) is 9.00. The van der Waals surface area contributed by atoms with E-state index in [2.05, 4.69) is 0 Å². The van der Waals surface area contributed by atoms with Crippen LogP contribution in [0.25, 0.3) is 22.1 Å². The number of rotatable bonds is 5. The number of furan rings is 1. The van der Waals surface area contributed by atoms with Crippen molar-refractivity contribution in [3.63, 3.8) is 0 Å². The number of hydrogen-bond acceptors (Lipinski definition) is 3. The molecule has 5 heteroatoms. The lowest BCUT2D eigenvalue weighted by atomic mass is 9.97. The lowest BCUT2D eigenvalue weighted by molar-refractivity contribution is 0.0955. The molecule has 0 bridgehead atoms. The van der Waals surface area contributed by atoms with Crippen LogP contribution in [0.2, 0.25) is 0 Å². The molecular formula is C22H25NO4. The molecule has 0 saturated heterocycles. The molecule has 27 heavy (non-hydrogen) atoms. The van der Waals surface area contributed by atoms with Gasteiger partial charge in [0.1, 0.15) is 5.58 Å². The second-order valence-corrected chi connectivity index (χ2v) is 7.70. The van der Waals surface area contributed by atoms with Gasteiger partial charge in [0.05, 0.1) is 6.26 Å². The Morgan fingerprint density at radius 2 is 1.89 bits per heavy atom. The Morgan fingerprint density at radius 1 is 1.11 bits per heavy atom. The van der Waals surface area contributed by atoms with Gasteiger partial charge in [0.15, 0.2) is 0 Å². The van der Waals surface area contributed by atoms with Gasteiger partial charge in [0.25, 0.3) is 0 Å². The molecule has 0 unspecified atom stereocenters. The monoisotopic (exact) mass is 367 g/mol. The molecule has 0 fully saturated rings. The highest BCUT2D eigenvalue weighted by molar-refractivity contribution is 5.93. The van der Waals surface area contributed by atoms with E-state index in [0.717, 1.165) is 33.2 Å². The second kappa shape index (κ2) is 7.45. The zero-order valence-corrected chi connectivity index (χ0v) is 15.9. The Kier molecular flexibility index (Phi) is 5.24. The highest BCUT2D eigenvalue weighted by atomic mass is 16.4. The Morgan fingerprint density at radius 3 is 2.56 bits per heavy atom. The zero-order valence-electron chi connectivity index (χ0n) is 15.9. The second-order valence-electron chi connectivity index (χ2n) is 7.70. The maximum absolute atomic E-state index is 11.6. The van der Waals surface area contributed by atoms with Crippen molar-refractivity contribution in [3.8, 4) is 11.1 Å². The van der Waals surface area contributed by atoms with Gasteiger partial charge in [-0.2, -0.15) is 0 Å². The minimum atomic E-state index is -0.939. The van der Waals surface area contributed by atoms with Crippen molar-refractivity contribution in [1.29, 1.82) is 0 Å². The molecule has 2 aromatic carbocycles. The number of nitrogens with zero attached hydrogens (tertiary/aromatic N) is 1. The number of hydrogen-bond donors (Lipinski definition) is 2. The van der Waals surface area contributed by atoms with Crippen LogP contribution in [0.4, 0.5) is 4.79 Å². The van der Waals surface area contributed by atoms with Gasteiger partial charge in [-0.3, -0.25) is 4.90 Å². The van der Waals surface area contributed by atoms with Crippen molar-refractivity contribution in [2.24, 2.45) is 0 Å². The summed E-state index contributed by atoms with van der Waals surface area (Å²) in [6.45, 7) is 6.05. The van der Waals surface area contributed by atoms with Crippen LogP contribution in [0.15, 0.2) is 53.1 Å². The highest BCUT2D eigenvalue weighted by Gasteiger charge is 2.26. The van der Waals surface area contributed by atoms with Crippen molar-refractivity contribution in [1.82, 2.24) is 4.90 Å². The summed E-state index contributed by atoms with van der Waals surface area (Å²) < 4.78 is 5.68. The molecule has 1 heterocycles. The third-order valence-corrected chi connectivity index (χ3v) is 4.63. The van der Waals surface area contributed by atoms with Gasteiger partial charge in [-0.25, -0.2) is 4.79 Å². The lowest BCUT2D eigenvalue weighted by Crippen LogP contribution is -2.44. The van der Waals surface area contributed by atoms with E-state index in [0.29, 0.717) is 13.0 Å². The topological polar surface area (TPSA) is 73.9 Å². The predicted molar refractivity (Wildman–Crippen MR) is 106 cm³/mol. The summed E-state index contributed by atoms with van der Waals surface area (Å²) in [5.41, 5.74) is 4.16. The van der Waals surface area contributed by atoms with Gasteiger partial charge < -0.3 is 14.6 Å². The van der Waals surface area contributed by atoms with Gasteiger partial charge in [-0.15, -0.1) is 0 Å². The summed E-state index contributed by atoms with van der Waals surface area (Å²) in [6.07, 6.45) is 1.29. The van der Waals surface area contributed by atoms with Crippen molar-refractivity contribution in [2.75, 3.05) is 6.61 Å². The first-order valence-electron chi connectivity index (χ1n) is 9.00. The number of carbonyl (C=O) groups is 1. The van der Waals surface area contributed by atoms with Crippen molar-refractivity contribution in [2.45, 2.75) is 39.3 Å². The minimum Gasteiger partial charge on any atom is -0.465 e. The van der Waals surface area contributed by atoms with E-state index < -0.39 is 11.6 Å². The third kappa shape index (κ3) is 4.14. The number of carboxylic acid groups (broad SMARTS) is 1. The molecule has 1 amide bonds. The van der Waals surface area contributed by atoms with Gasteiger partial charge in [-0.05, 0) is 68.1 Å². The van der Waals surface area contributed by atoms with Gasteiger partial charge >= 0.3 is 6.09 Å². The van der Waals surface area contributed by atoms with Crippen molar-refractivity contribution in [3.05, 3.63) is 59.9 Å². The van der Waals surface area contributed by atoms with Gasteiger partial charge in [0.2, 0.25) is 0 Å². The Bertz CT molecular complexity index is 952. The van der Waals surface area contributed by atoms with E-state index in [-0.39, 0.29) is 6.61 Å². The van der Waals surface area contributed by atoms with Crippen LogP contribution in [0.5, 0.6) is 0 Å². The minimum absolute atomic E-state index is 0.0853. The van der Waals surface area contributed by atoms with Crippen LogP contribution in [0.3, 0.4) is 0 Å². The molecule has 1 aromatic heterocycles. The SMILES string of the molecule is CC(C)(C)N(Cc1cccc(-c2cc(CCO)cc3ccoc23)c1)C(=O)O. The zero-order chi connectivity index (χ0) is 19.6.